The van der Waals surface area contributed by atoms with Crippen molar-refractivity contribution < 1.29 is 22.8 Å². The van der Waals surface area contributed by atoms with Crippen molar-refractivity contribution in [3.05, 3.63) is 59.7 Å². The first kappa shape index (κ1) is 22.5. The second-order valence-corrected chi connectivity index (χ2v) is 9.08. The predicted molar refractivity (Wildman–Crippen MR) is 116 cm³/mol. The highest BCUT2D eigenvalue weighted by Gasteiger charge is 2.20. The number of benzene rings is 2. The van der Waals surface area contributed by atoms with Gasteiger partial charge >= 0.3 is 0 Å². The summed E-state index contributed by atoms with van der Waals surface area (Å²) in [4.78, 5) is 38.0. The van der Waals surface area contributed by atoms with Gasteiger partial charge in [0.15, 0.2) is 0 Å². The zero-order valence-electron chi connectivity index (χ0n) is 17.3. The van der Waals surface area contributed by atoms with Crippen LogP contribution in [0, 0.1) is 6.92 Å². The van der Waals surface area contributed by atoms with Crippen LogP contribution in [0.4, 0.5) is 5.69 Å². The second kappa shape index (κ2) is 9.74. The van der Waals surface area contributed by atoms with Gasteiger partial charge in [-0.25, -0.2) is 13.1 Å². The molecule has 164 valence electrons. The second-order valence-electron chi connectivity index (χ2n) is 7.40. The van der Waals surface area contributed by atoms with Crippen molar-refractivity contribution in [2.45, 2.75) is 37.5 Å². The third kappa shape index (κ3) is 5.91. The van der Waals surface area contributed by atoms with E-state index in [0.717, 1.165) is 24.1 Å². The molecule has 1 fully saturated rings. The molecule has 9 heteroatoms. The third-order valence-corrected chi connectivity index (χ3v) is 6.37. The number of nitrogens with zero attached hydrogens (tertiary/aromatic N) is 1. The van der Waals surface area contributed by atoms with Crippen molar-refractivity contribution in [1.82, 2.24) is 10.0 Å². The number of rotatable bonds is 7. The zero-order valence-corrected chi connectivity index (χ0v) is 18.1. The van der Waals surface area contributed by atoms with E-state index in [9.17, 15) is 22.8 Å². The molecule has 1 saturated heterocycles. The molecule has 1 aliphatic rings. The molecule has 3 amide bonds. The first-order valence-corrected chi connectivity index (χ1v) is 11.6. The molecule has 0 bridgehead atoms. The van der Waals surface area contributed by atoms with Crippen LogP contribution in [0.3, 0.4) is 0 Å². The molecular weight excluding hydrogens is 418 g/mol. The lowest BCUT2D eigenvalue weighted by Gasteiger charge is -2.26. The molecule has 1 aliphatic heterocycles. The number of anilines is 1. The first-order chi connectivity index (χ1) is 14.8. The maximum absolute atomic E-state index is 12.3. The highest BCUT2D eigenvalue weighted by molar-refractivity contribution is 7.90. The van der Waals surface area contributed by atoms with Crippen molar-refractivity contribution in [2.75, 3.05) is 18.0 Å². The smallest absolute Gasteiger partial charge is 0.264 e. The summed E-state index contributed by atoms with van der Waals surface area (Å²) in [5.74, 6) is -1.01. The normalized spacial score (nSPS) is 14.2. The van der Waals surface area contributed by atoms with Crippen LogP contribution in [0.5, 0.6) is 0 Å². The standard InChI is InChI=1S/C22H25N3O5S/c1-16-5-11-19(12-6-16)31(29,30)24-20(26)13-14-23-22(28)17-7-9-18(10-8-17)25-15-3-2-4-21(25)27/h5-12H,2-4,13-15H2,1H3,(H,23,28)(H,24,26). The van der Waals surface area contributed by atoms with E-state index in [0.29, 0.717) is 18.5 Å². The minimum Gasteiger partial charge on any atom is -0.352 e. The fourth-order valence-electron chi connectivity index (χ4n) is 3.24. The Hall–Kier alpha value is -3.20. The summed E-state index contributed by atoms with van der Waals surface area (Å²) in [6.45, 7) is 2.49. The molecule has 1 heterocycles. The maximum atomic E-state index is 12.3. The molecule has 0 saturated carbocycles. The van der Waals surface area contributed by atoms with Gasteiger partial charge in [0.1, 0.15) is 0 Å². The van der Waals surface area contributed by atoms with E-state index < -0.39 is 15.9 Å². The SMILES string of the molecule is Cc1ccc(S(=O)(=O)NC(=O)CCNC(=O)c2ccc(N3CCCCC3=O)cc2)cc1. The molecule has 31 heavy (non-hydrogen) atoms. The van der Waals surface area contributed by atoms with Gasteiger partial charge in [0.2, 0.25) is 11.8 Å². The Kier molecular flexibility index (Phi) is 7.06. The van der Waals surface area contributed by atoms with Gasteiger partial charge in [0, 0.05) is 37.2 Å². The van der Waals surface area contributed by atoms with Gasteiger partial charge in [-0.05, 0) is 56.2 Å². The van der Waals surface area contributed by atoms with Crippen LogP contribution < -0.4 is 14.9 Å². The fourth-order valence-corrected chi connectivity index (χ4v) is 4.25. The average Bonchev–Trinajstić information content (AvgIpc) is 2.74. The van der Waals surface area contributed by atoms with Crippen LogP contribution >= 0.6 is 0 Å². The molecule has 0 aliphatic carbocycles. The van der Waals surface area contributed by atoms with Crippen molar-refractivity contribution in [3.63, 3.8) is 0 Å². The van der Waals surface area contributed by atoms with Gasteiger partial charge in [0.05, 0.1) is 4.90 Å². The molecule has 2 aromatic carbocycles. The highest BCUT2D eigenvalue weighted by Crippen LogP contribution is 2.21. The largest absolute Gasteiger partial charge is 0.352 e. The van der Waals surface area contributed by atoms with Crippen molar-refractivity contribution >= 4 is 33.4 Å². The van der Waals surface area contributed by atoms with Crippen LogP contribution in [-0.2, 0) is 19.6 Å². The number of aryl methyl sites for hydroxylation is 1. The van der Waals surface area contributed by atoms with E-state index in [1.54, 1.807) is 41.3 Å². The van der Waals surface area contributed by atoms with E-state index in [1.165, 1.54) is 12.1 Å². The number of piperidine rings is 1. The number of hydrogen-bond acceptors (Lipinski definition) is 5. The first-order valence-electron chi connectivity index (χ1n) is 10.1. The Labute approximate surface area is 181 Å². The summed E-state index contributed by atoms with van der Waals surface area (Å²) in [6, 6.07) is 12.8. The third-order valence-electron chi connectivity index (χ3n) is 4.98. The Balaban J connectivity index is 1.48. The number of sulfonamides is 1. The lowest BCUT2D eigenvalue weighted by atomic mass is 10.1. The molecule has 2 aromatic rings. The van der Waals surface area contributed by atoms with Crippen LogP contribution in [0.2, 0.25) is 0 Å². The molecular formula is C22H25N3O5S. The van der Waals surface area contributed by atoms with Crippen molar-refractivity contribution in [3.8, 4) is 0 Å². The van der Waals surface area contributed by atoms with Gasteiger partial charge in [-0.15, -0.1) is 0 Å². The minimum absolute atomic E-state index is 0.00256. The zero-order chi connectivity index (χ0) is 22.4. The molecule has 8 nitrogen and oxygen atoms in total. The number of hydrogen-bond donors (Lipinski definition) is 2. The minimum atomic E-state index is -3.94. The van der Waals surface area contributed by atoms with Crippen LogP contribution in [0.25, 0.3) is 0 Å². The van der Waals surface area contributed by atoms with Gasteiger partial charge in [-0.2, -0.15) is 0 Å². The number of carbonyl (C=O) groups is 3. The molecule has 0 spiro atoms. The lowest BCUT2D eigenvalue weighted by Crippen LogP contribution is -2.35. The molecule has 3 rings (SSSR count). The Morgan fingerprint density at radius 3 is 2.32 bits per heavy atom. The summed E-state index contributed by atoms with van der Waals surface area (Å²) in [6.07, 6.45) is 2.20. The van der Waals surface area contributed by atoms with Crippen LogP contribution in [0.1, 0.15) is 41.6 Å². The monoisotopic (exact) mass is 443 g/mol. The predicted octanol–water partition coefficient (Wildman–Crippen LogP) is 2.14. The van der Waals surface area contributed by atoms with Crippen molar-refractivity contribution in [1.29, 1.82) is 0 Å². The van der Waals surface area contributed by atoms with E-state index in [-0.39, 0.29) is 29.7 Å². The molecule has 0 aromatic heterocycles. The number of nitrogens with one attached hydrogen (secondary N) is 2. The maximum Gasteiger partial charge on any atom is 0.264 e. The summed E-state index contributed by atoms with van der Waals surface area (Å²) < 4.78 is 26.4. The van der Waals surface area contributed by atoms with Gasteiger partial charge in [-0.1, -0.05) is 17.7 Å². The summed E-state index contributed by atoms with van der Waals surface area (Å²) in [7, 11) is -3.94. The topological polar surface area (TPSA) is 113 Å². The summed E-state index contributed by atoms with van der Waals surface area (Å²) in [5, 5.41) is 2.60. The molecule has 2 N–H and O–H groups in total. The van der Waals surface area contributed by atoms with E-state index in [2.05, 4.69) is 5.32 Å². The molecule has 0 radical (unpaired) electrons. The van der Waals surface area contributed by atoms with Crippen molar-refractivity contribution in [2.24, 2.45) is 0 Å². The van der Waals surface area contributed by atoms with Gasteiger partial charge in [-0.3, -0.25) is 14.4 Å². The van der Waals surface area contributed by atoms with Crippen LogP contribution in [-0.4, -0.2) is 39.2 Å². The number of amides is 3. The molecule has 0 unspecified atom stereocenters. The Morgan fingerprint density at radius 2 is 1.68 bits per heavy atom. The summed E-state index contributed by atoms with van der Waals surface area (Å²) >= 11 is 0. The van der Waals surface area contributed by atoms with E-state index in [1.807, 2.05) is 11.6 Å². The van der Waals surface area contributed by atoms with Gasteiger partial charge < -0.3 is 10.2 Å². The quantitative estimate of drug-likeness (QED) is 0.681. The Bertz CT molecular complexity index is 1060. The van der Waals surface area contributed by atoms with E-state index >= 15 is 0 Å². The molecule has 0 atom stereocenters. The average molecular weight is 444 g/mol. The fraction of sp³-hybridized carbons (Fsp3) is 0.318. The lowest BCUT2D eigenvalue weighted by molar-refractivity contribution is -0.120. The van der Waals surface area contributed by atoms with E-state index in [4.69, 9.17) is 0 Å². The van der Waals surface area contributed by atoms with Gasteiger partial charge in [0.25, 0.3) is 15.9 Å². The number of carbonyl (C=O) groups excluding carboxylic acids is 3. The Morgan fingerprint density at radius 1 is 1.00 bits per heavy atom. The highest BCUT2D eigenvalue weighted by atomic mass is 32.2. The summed E-state index contributed by atoms with van der Waals surface area (Å²) in [5.41, 5.74) is 2.05. The van der Waals surface area contributed by atoms with Crippen LogP contribution in [0.15, 0.2) is 53.4 Å².